The van der Waals surface area contributed by atoms with E-state index in [1.807, 2.05) is 27.1 Å². The van der Waals surface area contributed by atoms with Crippen LogP contribution in [0, 0.1) is 0 Å². The van der Waals surface area contributed by atoms with E-state index < -0.39 is 5.54 Å². The first-order chi connectivity index (χ1) is 13.7. The van der Waals surface area contributed by atoms with Crippen LogP contribution in [0.2, 0.25) is 0 Å². The van der Waals surface area contributed by atoms with Gasteiger partial charge in [0.05, 0.1) is 31.2 Å². The highest BCUT2D eigenvalue weighted by Gasteiger charge is 2.47. The van der Waals surface area contributed by atoms with Crippen molar-refractivity contribution in [2.24, 2.45) is 0 Å². The Labute approximate surface area is 168 Å². The molecule has 2 aromatic heterocycles. The first kappa shape index (κ1) is 19.4. The topological polar surface area (TPSA) is 85.6 Å². The Morgan fingerprint density at radius 1 is 1.36 bits per heavy atom. The van der Waals surface area contributed by atoms with E-state index in [1.54, 1.807) is 7.11 Å². The lowest BCUT2D eigenvalue weighted by molar-refractivity contribution is -0.0572. The zero-order valence-corrected chi connectivity index (χ0v) is 16.9. The first-order valence-electron chi connectivity index (χ1n) is 9.66. The number of hydrogen-bond donors (Lipinski definition) is 0. The molecule has 0 saturated carbocycles. The number of thiophene rings is 1. The van der Waals surface area contributed by atoms with Gasteiger partial charge in [-0.2, -0.15) is 0 Å². The van der Waals surface area contributed by atoms with Gasteiger partial charge in [0.2, 0.25) is 0 Å². The van der Waals surface area contributed by atoms with Crippen molar-refractivity contribution in [1.82, 2.24) is 30.0 Å². The lowest BCUT2D eigenvalue weighted by atomic mass is 9.85. The number of ether oxygens (including phenoxy) is 2. The summed E-state index contributed by atoms with van der Waals surface area (Å²) in [4.78, 5) is 18.2. The van der Waals surface area contributed by atoms with E-state index in [2.05, 4.69) is 20.4 Å². The Bertz CT molecular complexity index is 776. The van der Waals surface area contributed by atoms with Crippen molar-refractivity contribution in [1.29, 1.82) is 0 Å². The van der Waals surface area contributed by atoms with Gasteiger partial charge in [0.1, 0.15) is 5.54 Å². The number of carbonyl (C=O) groups excluding carboxylic acids is 1. The van der Waals surface area contributed by atoms with Crippen molar-refractivity contribution in [3.8, 4) is 0 Å². The van der Waals surface area contributed by atoms with Gasteiger partial charge in [0.25, 0.3) is 5.91 Å². The fourth-order valence-corrected chi connectivity index (χ4v) is 4.90. The fraction of sp³-hybridized carbons (Fsp3) is 0.667. The quantitative estimate of drug-likeness (QED) is 0.703. The Hall–Kier alpha value is -1.88. The molecule has 2 fully saturated rings. The van der Waals surface area contributed by atoms with E-state index in [1.165, 1.54) is 11.3 Å². The van der Waals surface area contributed by atoms with Crippen LogP contribution >= 0.6 is 11.3 Å². The molecule has 10 heteroatoms. The Balaban J connectivity index is 1.67. The van der Waals surface area contributed by atoms with Crippen molar-refractivity contribution in [3.05, 3.63) is 28.2 Å². The summed E-state index contributed by atoms with van der Waals surface area (Å²) in [7, 11) is 1.67. The molecule has 0 spiro atoms. The van der Waals surface area contributed by atoms with Crippen LogP contribution in [0.1, 0.15) is 28.3 Å². The predicted octanol–water partition coefficient (Wildman–Crippen LogP) is 0.845. The summed E-state index contributed by atoms with van der Waals surface area (Å²) in [5, 5.41) is 14.5. The van der Waals surface area contributed by atoms with Gasteiger partial charge < -0.3 is 14.4 Å². The lowest BCUT2D eigenvalue weighted by Gasteiger charge is -2.49. The van der Waals surface area contributed by atoms with Gasteiger partial charge in [-0.05, 0) is 34.7 Å². The molecule has 9 nitrogen and oxygen atoms in total. The highest BCUT2D eigenvalue weighted by molar-refractivity contribution is 7.12. The third-order valence-electron chi connectivity index (χ3n) is 5.56. The van der Waals surface area contributed by atoms with Crippen LogP contribution in [0.5, 0.6) is 0 Å². The standard InChI is InChI=1S/C18H26N6O3S/c1-26-10-9-24-17(19-20-21-24)18(23-7-11-27-12-8-23)5-3-6-22(14-18)16(25)15-4-2-13-28-15/h2,4,13H,3,5-12,14H2,1H3. The Kier molecular flexibility index (Phi) is 6.00. The number of methoxy groups -OCH3 is 1. The highest BCUT2D eigenvalue weighted by Crippen LogP contribution is 2.37. The zero-order valence-electron chi connectivity index (χ0n) is 16.1. The molecule has 1 unspecified atom stereocenters. The van der Waals surface area contributed by atoms with Crippen molar-refractivity contribution in [3.63, 3.8) is 0 Å². The van der Waals surface area contributed by atoms with E-state index in [4.69, 9.17) is 9.47 Å². The molecule has 0 aliphatic carbocycles. The molecule has 2 saturated heterocycles. The van der Waals surface area contributed by atoms with Gasteiger partial charge in [-0.25, -0.2) is 4.68 Å². The molecule has 152 valence electrons. The molecule has 4 rings (SSSR count). The normalized spacial score (nSPS) is 23.8. The molecular formula is C18H26N6O3S. The summed E-state index contributed by atoms with van der Waals surface area (Å²) in [6.45, 7) is 5.43. The molecule has 0 radical (unpaired) electrons. The van der Waals surface area contributed by atoms with E-state index >= 15 is 0 Å². The third-order valence-corrected chi connectivity index (χ3v) is 6.42. The summed E-state index contributed by atoms with van der Waals surface area (Å²) in [5.74, 6) is 0.901. The lowest BCUT2D eigenvalue weighted by Crippen LogP contribution is -2.61. The maximum atomic E-state index is 13.1. The van der Waals surface area contributed by atoms with Crippen molar-refractivity contribution in [2.45, 2.75) is 24.9 Å². The smallest absolute Gasteiger partial charge is 0.263 e. The molecule has 0 aromatic carbocycles. The number of likely N-dealkylation sites (tertiary alicyclic amines) is 1. The maximum Gasteiger partial charge on any atom is 0.263 e. The number of tetrazole rings is 1. The van der Waals surface area contributed by atoms with Crippen molar-refractivity contribution < 1.29 is 14.3 Å². The van der Waals surface area contributed by atoms with Crippen LogP contribution in [0.3, 0.4) is 0 Å². The van der Waals surface area contributed by atoms with E-state index in [0.29, 0.717) is 32.9 Å². The number of rotatable bonds is 6. The largest absolute Gasteiger partial charge is 0.383 e. The Morgan fingerprint density at radius 2 is 2.21 bits per heavy atom. The second kappa shape index (κ2) is 8.64. The molecule has 1 amide bonds. The molecule has 4 heterocycles. The van der Waals surface area contributed by atoms with Gasteiger partial charge >= 0.3 is 0 Å². The summed E-state index contributed by atoms with van der Waals surface area (Å²) in [5.41, 5.74) is -0.411. The minimum absolute atomic E-state index is 0.0863. The Morgan fingerprint density at radius 3 is 2.96 bits per heavy atom. The van der Waals surface area contributed by atoms with Gasteiger partial charge in [-0.3, -0.25) is 9.69 Å². The third kappa shape index (κ3) is 3.69. The van der Waals surface area contributed by atoms with Gasteiger partial charge in [0, 0.05) is 33.3 Å². The predicted molar refractivity (Wildman–Crippen MR) is 103 cm³/mol. The monoisotopic (exact) mass is 406 g/mol. The number of nitrogens with zero attached hydrogens (tertiary/aromatic N) is 6. The molecular weight excluding hydrogens is 380 g/mol. The number of amides is 1. The number of aromatic nitrogens is 4. The first-order valence-corrected chi connectivity index (χ1v) is 10.5. The molecule has 1 atom stereocenters. The molecule has 2 aliphatic heterocycles. The average Bonchev–Trinajstić information content (AvgIpc) is 3.44. The summed E-state index contributed by atoms with van der Waals surface area (Å²) in [6.07, 6.45) is 1.82. The molecule has 2 aliphatic rings. The number of hydrogen-bond acceptors (Lipinski definition) is 8. The van der Waals surface area contributed by atoms with Crippen LogP contribution in [0.25, 0.3) is 0 Å². The zero-order chi connectivity index (χ0) is 19.4. The molecule has 0 N–H and O–H groups in total. The summed E-state index contributed by atoms with van der Waals surface area (Å²) in [6, 6.07) is 3.81. The number of carbonyl (C=O) groups is 1. The van der Waals surface area contributed by atoms with Crippen LogP contribution in [0.15, 0.2) is 17.5 Å². The van der Waals surface area contributed by atoms with E-state index in [-0.39, 0.29) is 5.91 Å². The van der Waals surface area contributed by atoms with Crippen LogP contribution in [-0.2, 0) is 21.6 Å². The van der Waals surface area contributed by atoms with Gasteiger partial charge in [0.15, 0.2) is 5.82 Å². The molecule has 0 bridgehead atoms. The van der Waals surface area contributed by atoms with E-state index in [9.17, 15) is 4.79 Å². The number of piperidine rings is 1. The van der Waals surface area contributed by atoms with Crippen LogP contribution in [0.4, 0.5) is 0 Å². The molecule has 28 heavy (non-hydrogen) atoms. The molecule has 2 aromatic rings. The summed E-state index contributed by atoms with van der Waals surface area (Å²) >= 11 is 1.49. The fourth-order valence-electron chi connectivity index (χ4n) is 4.21. The average molecular weight is 407 g/mol. The summed E-state index contributed by atoms with van der Waals surface area (Å²) < 4.78 is 12.6. The van der Waals surface area contributed by atoms with Gasteiger partial charge in [-0.1, -0.05) is 6.07 Å². The highest BCUT2D eigenvalue weighted by atomic mass is 32.1. The van der Waals surface area contributed by atoms with Gasteiger partial charge in [-0.15, -0.1) is 16.4 Å². The van der Waals surface area contributed by atoms with E-state index in [0.717, 1.165) is 43.2 Å². The second-order valence-electron chi connectivity index (χ2n) is 7.16. The minimum Gasteiger partial charge on any atom is -0.383 e. The van der Waals surface area contributed by atoms with Crippen molar-refractivity contribution in [2.75, 3.05) is 53.1 Å². The van der Waals surface area contributed by atoms with Crippen LogP contribution in [-0.4, -0.2) is 89.0 Å². The maximum absolute atomic E-state index is 13.1. The van der Waals surface area contributed by atoms with Crippen LogP contribution < -0.4 is 0 Å². The second-order valence-corrected chi connectivity index (χ2v) is 8.10. The number of morpholine rings is 1. The SMILES string of the molecule is COCCn1nnnc1C1(N2CCOCC2)CCCN(C(=O)c2cccs2)C1. The van der Waals surface area contributed by atoms with Crippen molar-refractivity contribution >= 4 is 17.2 Å². The minimum atomic E-state index is -0.411.